The second-order valence-corrected chi connectivity index (χ2v) is 4.57. The summed E-state index contributed by atoms with van der Waals surface area (Å²) < 4.78 is 1.97. The van der Waals surface area contributed by atoms with Gasteiger partial charge in [0.15, 0.2) is 0 Å². The number of aromatic nitrogens is 3. The van der Waals surface area contributed by atoms with Crippen LogP contribution in [0.2, 0.25) is 0 Å². The molecule has 1 N–H and O–H groups in total. The molecule has 2 rings (SSSR count). The SMILES string of the molecule is CCNC(=O)c1ccc(N(C)Cc2nccn2C)nc1. The topological polar surface area (TPSA) is 63.1 Å². The molecule has 2 aromatic heterocycles. The molecule has 20 heavy (non-hydrogen) atoms. The summed E-state index contributed by atoms with van der Waals surface area (Å²) in [7, 11) is 3.91. The first-order valence-electron chi connectivity index (χ1n) is 6.53. The van der Waals surface area contributed by atoms with E-state index in [9.17, 15) is 4.79 Å². The number of rotatable bonds is 5. The molecule has 0 aliphatic heterocycles. The first-order chi connectivity index (χ1) is 9.61. The molecule has 2 heterocycles. The molecule has 0 saturated heterocycles. The minimum Gasteiger partial charge on any atom is -0.352 e. The van der Waals surface area contributed by atoms with Crippen LogP contribution in [0.4, 0.5) is 5.82 Å². The Balaban J connectivity index is 2.06. The van der Waals surface area contributed by atoms with E-state index in [1.54, 1.807) is 18.5 Å². The number of imidazole rings is 1. The first-order valence-corrected chi connectivity index (χ1v) is 6.53. The maximum atomic E-state index is 11.6. The smallest absolute Gasteiger partial charge is 0.252 e. The molecule has 0 aromatic carbocycles. The van der Waals surface area contributed by atoms with Crippen molar-refractivity contribution in [2.75, 3.05) is 18.5 Å². The fourth-order valence-electron chi connectivity index (χ4n) is 1.85. The van der Waals surface area contributed by atoms with Crippen molar-refractivity contribution in [1.29, 1.82) is 0 Å². The van der Waals surface area contributed by atoms with Gasteiger partial charge in [-0.2, -0.15) is 0 Å². The molecule has 6 nitrogen and oxygen atoms in total. The van der Waals surface area contributed by atoms with Crippen LogP contribution < -0.4 is 10.2 Å². The molecule has 0 atom stereocenters. The quantitative estimate of drug-likeness (QED) is 0.889. The fourth-order valence-corrected chi connectivity index (χ4v) is 1.85. The van der Waals surface area contributed by atoms with Crippen molar-refractivity contribution in [2.24, 2.45) is 7.05 Å². The molecule has 0 radical (unpaired) electrons. The van der Waals surface area contributed by atoms with Crippen molar-refractivity contribution in [2.45, 2.75) is 13.5 Å². The summed E-state index contributed by atoms with van der Waals surface area (Å²) in [4.78, 5) is 22.2. The van der Waals surface area contributed by atoms with Crippen LogP contribution in [0.3, 0.4) is 0 Å². The summed E-state index contributed by atoms with van der Waals surface area (Å²) in [5.41, 5.74) is 0.570. The number of nitrogens with zero attached hydrogens (tertiary/aromatic N) is 4. The van der Waals surface area contributed by atoms with E-state index in [0.29, 0.717) is 18.7 Å². The van der Waals surface area contributed by atoms with E-state index >= 15 is 0 Å². The third-order valence-electron chi connectivity index (χ3n) is 3.04. The minimum absolute atomic E-state index is 0.0988. The third-order valence-corrected chi connectivity index (χ3v) is 3.04. The highest BCUT2D eigenvalue weighted by Gasteiger charge is 2.09. The molecule has 0 fully saturated rings. The molecule has 6 heteroatoms. The van der Waals surface area contributed by atoms with E-state index in [4.69, 9.17) is 0 Å². The van der Waals surface area contributed by atoms with Crippen molar-refractivity contribution in [3.63, 3.8) is 0 Å². The molecule has 0 saturated carbocycles. The molecule has 0 aliphatic rings. The minimum atomic E-state index is -0.0988. The van der Waals surface area contributed by atoms with E-state index in [1.165, 1.54) is 0 Å². The molecule has 0 bridgehead atoms. The highest BCUT2D eigenvalue weighted by atomic mass is 16.1. The summed E-state index contributed by atoms with van der Waals surface area (Å²) in [6.07, 6.45) is 5.28. The fraction of sp³-hybridized carbons (Fsp3) is 0.357. The summed E-state index contributed by atoms with van der Waals surface area (Å²) >= 11 is 0. The normalized spacial score (nSPS) is 10.3. The average Bonchev–Trinajstić information content (AvgIpc) is 2.85. The van der Waals surface area contributed by atoms with Crippen molar-refractivity contribution in [3.8, 4) is 0 Å². The van der Waals surface area contributed by atoms with Gasteiger partial charge in [0.05, 0.1) is 12.1 Å². The Morgan fingerprint density at radius 2 is 2.20 bits per heavy atom. The van der Waals surface area contributed by atoms with Crippen LogP contribution in [-0.4, -0.2) is 34.0 Å². The first kappa shape index (κ1) is 14.0. The second-order valence-electron chi connectivity index (χ2n) is 4.57. The Bertz CT molecular complexity index is 576. The van der Waals surface area contributed by atoms with Crippen LogP contribution in [0, 0.1) is 0 Å². The predicted molar refractivity (Wildman–Crippen MR) is 77.6 cm³/mol. The molecular weight excluding hydrogens is 254 g/mol. The maximum absolute atomic E-state index is 11.6. The van der Waals surface area contributed by atoms with E-state index in [-0.39, 0.29) is 5.91 Å². The Hall–Kier alpha value is -2.37. The van der Waals surface area contributed by atoms with Gasteiger partial charge in [0.1, 0.15) is 11.6 Å². The zero-order valence-electron chi connectivity index (χ0n) is 12.0. The lowest BCUT2D eigenvalue weighted by Gasteiger charge is -2.17. The lowest BCUT2D eigenvalue weighted by molar-refractivity contribution is 0.0955. The van der Waals surface area contributed by atoms with Crippen LogP contribution in [0.15, 0.2) is 30.7 Å². The van der Waals surface area contributed by atoms with E-state index < -0.39 is 0 Å². The van der Waals surface area contributed by atoms with Crippen molar-refractivity contribution >= 4 is 11.7 Å². The zero-order valence-corrected chi connectivity index (χ0v) is 12.0. The van der Waals surface area contributed by atoms with Crippen molar-refractivity contribution in [3.05, 3.63) is 42.1 Å². The Morgan fingerprint density at radius 3 is 2.75 bits per heavy atom. The van der Waals surface area contributed by atoms with Crippen molar-refractivity contribution < 1.29 is 4.79 Å². The monoisotopic (exact) mass is 273 g/mol. The largest absolute Gasteiger partial charge is 0.352 e. The number of nitrogens with one attached hydrogen (secondary N) is 1. The molecule has 0 aliphatic carbocycles. The van der Waals surface area contributed by atoms with E-state index in [0.717, 1.165) is 11.6 Å². The number of aryl methyl sites for hydroxylation is 1. The van der Waals surface area contributed by atoms with Crippen LogP contribution in [0.1, 0.15) is 23.1 Å². The Kier molecular flexibility index (Phi) is 4.34. The van der Waals surface area contributed by atoms with Gasteiger partial charge in [0.25, 0.3) is 5.91 Å². The number of pyridine rings is 1. The highest BCUT2D eigenvalue weighted by Crippen LogP contribution is 2.12. The highest BCUT2D eigenvalue weighted by molar-refractivity contribution is 5.93. The van der Waals surface area contributed by atoms with Gasteiger partial charge in [0, 0.05) is 39.2 Å². The lowest BCUT2D eigenvalue weighted by Crippen LogP contribution is -2.23. The van der Waals surface area contributed by atoms with E-state index in [2.05, 4.69) is 15.3 Å². The molecule has 1 amide bonds. The number of anilines is 1. The van der Waals surface area contributed by atoms with Gasteiger partial charge in [-0.25, -0.2) is 9.97 Å². The van der Waals surface area contributed by atoms with Crippen LogP contribution in [-0.2, 0) is 13.6 Å². The van der Waals surface area contributed by atoms with Gasteiger partial charge >= 0.3 is 0 Å². The lowest BCUT2D eigenvalue weighted by atomic mass is 10.2. The van der Waals surface area contributed by atoms with Crippen LogP contribution in [0.25, 0.3) is 0 Å². The second kappa shape index (κ2) is 6.18. The number of carbonyl (C=O) groups excluding carboxylic acids is 1. The van der Waals surface area contributed by atoms with Gasteiger partial charge in [-0.1, -0.05) is 0 Å². The predicted octanol–water partition coefficient (Wildman–Crippen LogP) is 1.20. The van der Waals surface area contributed by atoms with Crippen LogP contribution in [0.5, 0.6) is 0 Å². The van der Waals surface area contributed by atoms with Gasteiger partial charge in [-0.15, -0.1) is 0 Å². The third kappa shape index (κ3) is 3.14. The van der Waals surface area contributed by atoms with Gasteiger partial charge in [-0.05, 0) is 19.1 Å². The van der Waals surface area contributed by atoms with Gasteiger partial charge in [0.2, 0.25) is 0 Å². The molecule has 0 spiro atoms. The molecule has 106 valence electrons. The van der Waals surface area contributed by atoms with Crippen LogP contribution >= 0.6 is 0 Å². The Morgan fingerprint density at radius 1 is 1.40 bits per heavy atom. The van der Waals surface area contributed by atoms with E-state index in [1.807, 2.05) is 42.7 Å². The maximum Gasteiger partial charge on any atom is 0.252 e. The number of carbonyl (C=O) groups is 1. The molecule has 0 unspecified atom stereocenters. The number of hydrogen-bond donors (Lipinski definition) is 1. The number of amides is 1. The Labute approximate surface area is 118 Å². The summed E-state index contributed by atoms with van der Waals surface area (Å²) in [6, 6.07) is 3.62. The summed E-state index contributed by atoms with van der Waals surface area (Å²) in [6.45, 7) is 3.16. The number of hydrogen-bond acceptors (Lipinski definition) is 4. The summed E-state index contributed by atoms with van der Waals surface area (Å²) in [5.74, 6) is 1.67. The molecular formula is C14H19N5O. The average molecular weight is 273 g/mol. The van der Waals surface area contributed by atoms with Gasteiger partial charge < -0.3 is 14.8 Å². The van der Waals surface area contributed by atoms with Gasteiger partial charge in [-0.3, -0.25) is 4.79 Å². The standard InChI is InChI=1S/C14H19N5O/c1-4-15-14(20)11-5-6-12(17-9-11)19(3)10-13-16-7-8-18(13)2/h5-9H,4,10H2,1-3H3,(H,15,20). The molecule has 2 aromatic rings. The van der Waals surface area contributed by atoms with Crippen molar-refractivity contribution in [1.82, 2.24) is 19.9 Å². The zero-order chi connectivity index (χ0) is 14.5. The summed E-state index contributed by atoms with van der Waals surface area (Å²) in [5, 5.41) is 2.75.